The number of carbonyl (C=O) groups is 1. The highest BCUT2D eigenvalue weighted by molar-refractivity contribution is 9.11. The minimum Gasteiger partial charge on any atom is -0.340 e. The molecule has 1 aliphatic carbocycles. The molecule has 1 aromatic carbocycles. The zero-order valence-electron chi connectivity index (χ0n) is 14.0. The van der Waals surface area contributed by atoms with Crippen LogP contribution in [0, 0.1) is 5.92 Å². The number of benzene rings is 1. The Morgan fingerprint density at radius 1 is 1.08 bits per heavy atom. The Bertz CT molecular complexity index is 740. The Kier molecular flexibility index (Phi) is 6.23. The second-order valence-electron chi connectivity index (χ2n) is 6.71. The molecule has 1 heterocycles. The number of rotatable bonds is 4. The molecule has 1 saturated heterocycles. The summed E-state index contributed by atoms with van der Waals surface area (Å²) in [5.41, 5.74) is 0. The van der Waals surface area contributed by atoms with Gasteiger partial charge in [0.25, 0.3) is 0 Å². The average Bonchev–Trinajstić information content (AvgIpc) is 3.07. The molecule has 0 spiro atoms. The largest absolute Gasteiger partial charge is 0.340 e. The quantitative estimate of drug-likeness (QED) is 0.643. The van der Waals surface area contributed by atoms with Gasteiger partial charge in [-0.1, -0.05) is 28.8 Å². The molecule has 1 saturated carbocycles. The predicted octanol–water partition coefficient (Wildman–Crippen LogP) is 3.62. The molecule has 0 N–H and O–H groups in total. The van der Waals surface area contributed by atoms with Gasteiger partial charge in [0.1, 0.15) is 0 Å². The minimum atomic E-state index is -3.55. The van der Waals surface area contributed by atoms with Crippen LogP contribution < -0.4 is 0 Å². The van der Waals surface area contributed by atoms with Crippen LogP contribution in [0.1, 0.15) is 32.1 Å². The van der Waals surface area contributed by atoms with Gasteiger partial charge in [0.2, 0.25) is 15.9 Å². The number of halogens is 2. The standard InChI is InChI=1S/C17H22Br2N2O3S/c18-14-5-6-16(15(19)12-14)25(23,24)21-9-7-20(8-10-21)17(22)11-13-3-1-2-4-13/h5-6,12-13H,1-4,7-11H2. The molecule has 5 nitrogen and oxygen atoms in total. The maximum absolute atomic E-state index is 12.9. The maximum atomic E-state index is 12.9. The zero-order valence-corrected chi connectivity index (χ0v) is 17.9. The summed E-state index contributed by atoms with van der Waals surface area (Å²) in [7, 11) is -3.55. The molecular weight excluding hydrogens is 472 g/mol. The van der Waals surface area contributed by atoms with Crippen LogP contribution >= 0.6 is 31.9 Å². The fourth-order valence-corrected chi connectivity index (χ4v) is 6.72. The van der Waals surface area contributed by atoms with Gasteiger partial charge in [0.05, 0.1) is 4.90 Å². The molecule has 8 heteroatoms. The lowest BCUT2D eigenvalue weighted by atomic mass is 10.0. The Labute approximate surface area is 166 Å². The number of hydrogen-bond donors (Lipinski definition) is 0. The normalized spacial score (nSPS) is 20.2. The monoisotopic (exact) mass is 492 g/mol. The van der Waals surface area contributed by atoms with Gasteiger partial charge in [-0.25, -0.2) is 8.42 Å². The number of nitrogens with zero attached hydrogens (tertiary/aromatic N) is 2. The molecule has 2 fully saturated rings. The van der Waals surface area contributed by atoms with Gasteiger partial charge in [-0.2, -0.15) is 4.31 Å². The summed E-state index contributed by atoms with van der Waals surface area (Å²) in [6, 6.07) is 5.05. The van der Waals surface area contributed by atoms with Crippen molar-refractivity contribution in [3.8, 4) is 0 Å². The van der Waals surface area contributed by atoms with Gasteiger partial charge in [0, 0.05) is 41.5 Å². The van der Waals surface area contributed by atoms with E-state index in [1.54, 1.807) is 18.2 Å². The summed E-state index contributed by atoms with van der Waals surface area (Å²) in [5, 5.41) is 0. The van der Waals surface area contributed by atoms with Crippen molar-refractivity contribution in [3.05, 3.63) is 27.1 Å². The molecule has 25 heavy (non-hydrogen) atoms. The summed E-state index contributed by atoms with van der Waals surface area (Å²) in [6.07, 6.45) is 5.37. The Hall–Kier alpha value is -0.440. The summed E-state index contributed by atoms with van der Waals surface area (Å²) >= 11 is 6.67. The van der Waals surface area contributed by atoms with Crippen molar-refractivity contribution in [2.24, 2.45) is 5.92 Å². The molecule has 1 aliphatic heterocycles. The summed E-state index contributed by atoms with van der Waals surface area (Å²) in [4.78, 5) is 14.5. The fraction of sp³-hybridized carbons (Fsp3) is 0.588. The molecule has 138 valence electrons. The molecule has 0 atom stereocenters. The second-order valence-corrected chi connectivity index (χ2v) is 10.4. The Morgan fingerprint density at radius 2 is 1.72 bits per heavy atom. The lowest BCUT2D eigenvalue weighted by molar-refractivity contribution is -0.133. The third-order valence-electron chi connectivity index (χ3n) is 5.04. The van der Waals surface area contributed by atoms with E-state index in [1.807, 2.05) is 4.90 Å². The minimum absolute atomic E-state index is 0.175. The molecular formula is C17H22Br2N2O3S. The molecule has 0 radical (unpaired) electrons. The first-order valence-corrected chi connectivity index (χ1v) is 11.6. The SMILES string of the molecule is O=C(CC1CCCC1)N1CCN(S(=O)(=O)c2ccc(Br)cc2Br)CC1. The van der Waals surface area contributed by atoms with Crippen molar-refractivity contribution >= 4 is 47.8 Å². The molecule has 0 bridgehead atoms. The van der Waals surface area contributed by atoms with E-state index < -0.39 is 10.0 Å². The molecule has 1 amide bonds. The topological polar surface area (TPSA) is 57.7 Å². The van der Waals surface area contributed by atoms with Crippen molar-refractivity contribution in [3.63, 3.8) is 0 Å². The number of sulfonamides is 1. The van der Waals surface area contributed by atoms with Crippen molar-refractivity contribution < 1.29 is 13.2 Å². The van der Waals surface area contributed by atoms with Crippen molar-refractivity contribution in [1.29, 1.82) is 0 Å². The molecule has 2 aliphatic rings. The van der Waals surface area contributed by atoms with Crippen LogP contribution in [-0.2, 0) is 14.8 Å². The average molecular weight is 494 g/mol. The van der Waals surface area contributed by atoms with E-state index in [2.05, 4.69) is 31.9 Å². The number of carbonyl (C=O) groups excluding carboxylic acids is 1. The van der Waals surface area contributed by atoms with Crippen molar-refractivity contribution in [2.75, 3.05) is 26.2 Å². The van der Waals surface area contributed by atoms with E-state index in [9.17, 15) is 13.2 Å². The van der Waals surface area contributed by atoms with Crippen LogP contribution in [-0.4, -0.2) is 49.7 Å². The van der Waals surface area contributed by atoms with Crippen molar-refractivity contribution in [2.45, 2.75) is 37.0 Å². The van der Waals surface area contributed by atoms with Gasteiger partial charge in [-0.15, -0.1) is 0 Å². The summed E-state index contributed by atoms with van der Waals surface area (Å²) in [5.74, 6) is 0.696. The van der Waals surface area contributed by atoms with Crippen LogP contribution in [0.2, 0.25) is 0 Å². The highest BCUT2D eigenvalue weighted by Crippen LogP contribution is 2.30. The van der Waals surface area contributed by atoms with Crippen LogP contribution in [0.5, 0.6) is 0 Å². The Balaban J connectivity index is 1.62. The predicted molar refractivity (Wildman–Crippen MR) is 104 cm³/mol. The van der Waals surface area contributed by atoms with Gasteiger partial charge in [0.15, 0.2) is 0 Å². The Morgan fingerprint density at radius 3 is 2.32 bits per heavy atom. The van der Waals surface area contributed by atoms with E-state index in [0.29, 0.717) is 43.0 Å². The summed E-state index contributed by atoms with van der Waals surface area (Å²) in [6.45, 7) is 1.64. The first-order valence-electron chi connectivity index (χ1n) is 8.61. The van der Waals surface area contributed by atoms with Gasteiger partial charge in [-0.05, 0) is 52.9 Å². The molecule has 0 aromatic heterocycles. The molecule has 1 aromatic rings. The van der Waals surface area contributed by atoms with E-state index in [1.165, 1.54) is 17.1 Å². The van der Waals surface area contributed by atoms with E-state index in [4.69, 9.17) is 0 Å². The number of hydrogen-bond acceptors (Lipinski definition) is 3. The zero-order chi connectivity index (χ0) is 18.0. The van der Waals surface area contributed by atoms with Crippen LogP contribution in [0.3, 0.4) is 0 Å². The highest BCUT2D eigenvalue weighted by Gasteiger charge is 2.32. The van der Waals surface area contributed by atoms with Gasteiger partial charge in [-0.3, -0.25) is 4.79 Å². The van der Waals surface area contributed by atoms with Crippen molar-refractivity contribution in [1.82, 2.24) is 9.21 Å². The van der Waals surface area contributed by atoms with Crippen LogP contribution in [0.15, 0.2) is 32.0 Å². The first kappa shape index (κ1) is 19.3. The van der Waals surface area contributed by atoms with Crippen LogP contribution in [0.4, 0.5) is 0 Å². The first-order chi connectivity index (χ1) is 11.9. The second kappa shape index (κ2) is 8.06. The smallest absolute Gasteiger partial charge is 0.244 e. The van der Waals surface area contributed by atoms with E-state index in [-0.39, 0.29) is 10.8 Å². The molecule has 3 rings (SSSR count). The summed E-state index contributed by atoms with van der Waals surface area (Å²) < 4.78 is 28.5. The maximum Gasteiger partial charge on any atom is 0.244 e. The third kappa shape index (κ3) is 4.46. The highest BCUT2D eigenvalue weighted by atomic mass is 79.9. The number of piperazine rings is 1. The fourth-order valence-electron chi connectivity index (χ4n) is 3.59. The molecule has 0 unspecified atom stereocenters. The van der Waals surface area contributed by atoms with E-state index >= 15 is 0 Å². The number of amides is 1. The lowest BCUT2D eigenvalue weighted by Crippen LogP contribution is -2.50. The van der Waals surface area contributed by atoms with Gasteiger partial charge < -0.3 is 4.90 Å². The lowest BCUT2D eigenvalue weighted by Gasteiger charge is -2.34. The third-order valence-corrected chi connectivity index (χ3v) is 8.41. The van der Waals surface area contributed by atoms with E-state index in [0.717, 1.165) is 17.3 Å². The van der Waals surface area contributed by atoms with Gasteiger partial charge >= 0.3 is 0 Å². The van der Waals surface area contributed by atoms with Crippen LogP contribution in [0.25, 0.3) is 0 Å².